The summed E-state index contributed by atoms with van der Waals surface area (Å²) in [5.74, 6) is 1.29. The van der Waals surface area contributed by atoms with Crippen LogP contribution in [0.4, 0.5) is 5.69 Å². The highest BCUT2D eigenvalue weighted by molar-refractivity contribution is 7.98. The number of carbonyl (C=O) groups excluding carboxylic acids is 1. The highest BCUT2D eigenvalue weighted by Crippen LogP contribution is 2.31. The summed E-state index contributed by atoms with van der Waals surface area (Å²) in [5, 5.41) is 13.2. The quantitative estimate of drug-likeness (QED) is 0.216. The average molecular weight is 588 g/mol. The third kappa shape index (κ3) is 5.60. The summed E-state index contributed by atoms with van der Waals surface area (Å²) >= 11 is 9.20. The van der Waals surface area contributed by atoms with Crippen LogP contribution >= 0.6 is 34.7 Å². The molecule has 0 N–H and O–H groups in total. The number of benzene rings is 2. The minimum Gasteiger partial charge on any atom is -0.368 e. The number of anilines is 1. The van der Waals surface area contributed by atoms with E-state index in [0.717, 1.165) is 51.6 Å². The van der Waals surface area contributed by atoms with Gasteiger partial charge >= 0.3 is 0 Å². The van der Waals surface area contributed by atoms with Gasteiger partial charge in [0.15, 0.2) is 11.0 Å². The van der Waals surface area contributed by atoms with E-state index in [0.29, 0.717) is 29.6 Å². The Morgan fingerprint density at radius 2 is 1.88 bits per heavy atom. The lowest BCUT2D eigenvalue weighted by atomic mass is 10.2. The smallest absolute Gasteiger partial charge is 0.273 e. The van der Waals surface area contributed by atoms with Gasteiger partial charge in [-0.15, -0.1) is 21.5 Å². The number of amides is 1. The van der Waals surface area contributed by atoms with Crippen LogP contribution in [0.3, 0.4) is 0 Å². The highest BCUT2D eigenvalue weighted by atomic mass is 35.5. The molecule has 0 radical (unpaired) electrons. The summed E-state index contributed by atoms with van der Waals surface area (Å²) < 4.78 is 2.07. The molecule has 0 spiro atoms. The predicted molar refractivity (Wildman–Crippen MR) is 161 cm³/mol. The number of nitrogens with zero attached hydrogens (tertiary/aromatic N) is 7. The number of aromatic nitrogens is 5. The van der Waals surface area contributed by atoms with E-state index < -0.39 is 0 Å². The highest BCUT2D eigenvalue weighted by Gasteiger charge is 2.25. The van der Waals surface area contributed by atoms with Crippen molar-refractivity contribution in [3.63, 3.8) is 0 Å². The van der Waals surface area contributed by atoms with Gasteiger partial charge in [-0.1, -0.05) is 47.6 Å². The van der Waals surface area contributed by atoms with Crippen molar-refractivity contribution in [1.82, 2.24) is 29.6 Å². The molecular formula is C29H26ClN7OS2. The van der Waals surface area contributed by atoms with Crippen LogP contribution in [-0.4, -0.2) is 61.7 Å². The molecule has 1 fully saturated rings. The SMILES string of the molecule is Cc1ccccc1-n1c(SCc2nc(C(=O)N3CCN(c4cccc(Cl)c4)CC3)cs2)nnc1-c1cccnc1. The summed E-state index contributed by atoms with van der Waals surface area (Å²) in [4.78, 5) is 26.3. The van der Waals surface area contributed by atoms with Crippen molar-refractivity contribution in [1.29, 1.82) is 0 Å². The van der Waals surface area contributed by atoms with E-state index >= 15 is 0 Å². The Kier molecular flexibility index (Phi) is 7.81. The molecule has 11 heteroatoms. The van der Waals surface area contributed by atoms with Gasteiger partial charge in [0.05, 0.1) is 11.4 Å². The van der Waals surface area contributed by atoms with Gasteiger partial charge in [-0.3, -0.25) is 14.3 Å². The first-order chi connectivity index (χ1) is 19.6. The maximum atomic E-state index is 13.2. The average Bonchev–Trinajstić information content (AvgIpc) is 3.64. The second-order valence-corrected chi connectivity index (χ2v) is 11.7. The number of thioether (sulfide) groups is 1. The topological polar surface area (TPSA) is 80.0 Å². The van der Waals surface area contributed by atoms with Gasteiger partial charge in [0.25, 0.3) is 5.91 Å². The molecule has 40 heavy (non-hydrogen) atoms. The summed E-state index contributed by atoms with van der Waals surface area (Å²) in [6.45, 7) is 4.87. The first-order valence-corrected chi connectivity index (χ1v) is 15.1. The summed E-state index contributed by atoms with van der Waals surface area (Å²) in [6, 6.07) is 19.9. The van der Waals surface area contributed by atoms with Crippen LogP contribution in [0, 0.1) is 6.92 Å². The number of piperazine rings is 1. The third-order valence-corrected chi connectivity index (χ3v) is 8.95. The van der Waals surface area contributed by atoms with Crippen LogP contribution in [-0.2, 0) is 5.75 Å². The van der Waals surface area contributed by atoms with Crippen LogP contribution < -0.4 is 4.90 Å². The zero-order chi connectivity index (χ0) is 27.5. The minimum absolute atomic E-state index is 0.0276. The van der Waals surface area contributed by atoms with Crippen molar-refractivity contribution >= 4 is 46.3 Å². The lowest BCUT2D eigenvalue weighted by Gasteiger charge is -2.35. The van der Waals surface area contributed by atoms with E-state index in [1.807, 2.05) is 58.8 Å². The zero-order valence-electron chi connectivity index (χ0n) is 21.8. The number of rotatable bonds is 7. The molecule has 1 aliphatic heterocycles. The Labute approximate surface area is 245 Å². The molecule has 5 aromatic rings. The van der Waals surface area contributed by atoms with Gasteiger partial charge in [-0.05, 0) is 48.9 Å². The predicted octanol–water partition coefficient (Wildman–Crippen LogP) is 6.00. The largest absolute Gasteiger partial charge is 0.368 e. The maximum Gasteiger partial charge on any atom is 0.273 e. The van der Waals surface area contributed by atoms with Gasteiger partial charge in [0.1, 0.15) is 10.7 Å². The Morgan fingerprint density at radius 3 is 2.65 bits per heavy atom. The molecule has 1 aliphatic rings. The number of para-hydroxylation sites is 1. The van der Waals surface area contributed by atoms with E-state index in [1.54, 1.807) is 24.2 Å². The lowest BCUT2D eigenvalue weighted by molar-refractivity contribution is 0.0741. The van der Waals surface area contributed by atoms with Crippen molar-refractivity contribution in [2.75, 3.05) is 31.1 Å². The Bertz CT molecular complexity index is 1630. The van der Waals surface area contributed by atoms with Gasteiger partial charge in [0, 0.05) is 60.2 Å². The second kappa shape index (κ2) is 11.8. The summed E-state index contributed by atoms with van der Waals surface area (Å²) in [6.07, 6.45) is 3.54. The molecule has 0 unspecified atom stereocenters. The van der Waals surface area contributed by atoms with E-state index in [4.69, 9.17) is 11.6 Å². The number of pyridine rings is 1. The van der Waals surface area contributed by atoms with Crippen LogP contribution in [0.1, 0.15) is 21.1 Å². The van der Waals surface area contributed by atoms with Gasteiger partial charge in [-0.2, -0.15) is 0 Å². The molecule has 1 saturated heterocycles. The molecule has 0 saturated carbocycles. The number of carbonyl (C=O) groups is 1. The fourth-order valence-corrected chi connectivity index (χ4v) is 6.60. The lowest BCUT2D eigenvalue weighted by Crippen LogP contribution is -2.48. The molecular weight excluding hydrogens is 562 g/mol. The molecule has 3 aromatic heterocycles. The number of halogens is 1. The molecule has 8 nitrogen and oxygen atoms in total. The van der Waals surface area contributed by atoms with Gasteiger partial charge < -0.3 is 9.80 Å². The standard InChI is InChI=1S/C29H26ClN7OS2/c1-20-6-2-3-10-25(20)37-27(21-7-5-11-31-17-21)33-34-29(37)40-19-26-32-24(18-39-26)28(38)36-14-12-35(13-15-36)23-9-4-8-22(30)16-23/h2-11,16-18H,12-15,19H2,1H3. The van der Waals surface area contributed by atoms with Crippen molar-refractivity contribution in [2.24, 2.45) is 0 Å². The number of aryl methyl sites for hydroxylation is 1. The van der Waals surface area contributed by atoms with Crippen LogP contribution in [0.15, 0.2) is 83.6 Å². The minimum atomic E-state index is -0.0276. The van der Waals surface area contributed by atoms with E-state index in [1.165, 1.54) is 11.3 Å². The molecule has 4 heterocycles. The fourth-order valence-electron chi connectivity index (χ4n) is 4.68. The normalized spacial score (nSPS) is 13.6. The van der Waals surface area contributed by atoms with E-state index in [-0.39, 0.29) is 5.91 Å². The van der Waals surface area contributed by atoms with Crippen molar-refractivity contribution in [3.05, 3.63) is 99.7 Å². The van der Waals surface area contributed by atoms with Crippen LogP contribution in [0.25, 0.3) is 17.1 Å². The Hall–Kier alpha value is -3.73. The van der Waals surface area contributed by atoms with Crippen molar-refractivity contribution in [3.8, 4) is 17.1 Å². The first kappa shape index (κ1) is 26.5. The molecule has 1 amide bonds. The third-order valence-electron chi connectivity index (χ3n) is 6.75. The second-order valence-electron chi connectivity index (χ2n) is 9.34. The molecule has 2 aromatic carbocycles. The molecule has 0 aliphatic carbocycles. The van der Waals surface area contributed by atoms with E-state index in [9.17, 15) is 4.79 Å². The van der Waals surface area contributed by atoms with Crippen molar-refractivity contribution in [2.45, 2.75) is 17.8 Å². The Balaban J connectivity index is 1.14. The van der Waals surface area contributed by atoms with Crippen molar-refractivity contribution < 1.29 is 4.79 Å². The number of hydrogen-bond donors (Lipinski definition) is 0. The summed E-state index contributed by atoms with van der Waals surface area (Å²) in [7, 11) is 0. The van der Waals surface area contributed by atoms with E-state index in [2.05, 4.69) is 48.7 Å². The summed E-state index contributed by atoms with van der Waals surface area (Å²) in [5.41, 5.74) is 4.60. The molecule has 202 valence electrons. The molecule has 0 atom stereocenters. The van der Waals surface area contributed by atoms with Crippen LogP contribution in [0.2, 0.25) is 5.02 Å². The molecule has 0 bridgehead atoms. The van der Waals surface area contributed by atoms with Gasteiger partial charge in [-0.25, -0.2) is 4.98 Å². The first-order valence-electron chi connectivity index (χ1n) is 12.9. The monoisotopic (exact) mass is 587 g/mol. The Morgan fingerprint density at radius 1 is 1.02 bits per heavy atom. The van der Waals surface area contributed by atoms with Crippen LogP contribution in [0.5, 0.6) is 0 Å². The fraction of sp³-hybridized carbons (Fsp3) is 0.207. The molecule has 6 rings (SSSR count). The number of hydrogen-bond acceptors (Lipinski definition) is 8. The number of thiazole rings is 1. The maximum absolute atomic E-state index is 13.2. The zero-order valence-corrected chi connectivity index (χ0v) is 24.2. The van der Waals surface area contributed by atoms with Gasteiger partial charge in [0.2, 0.25) is 0 Å².